The van der Waals surface area contributed by atoms with Crippen LogP contribution in [0.25, 0.3) is 0 Å². The number of rotatable bonds is 7. The first-order valence-electron chi connectivity index (χ1n) is 8.32. The topological polar surface area (TPSA) is 62.3 Å². The number of likely N-dealkylation sites (N-methyl/N-ethyl adjacent to an activating group) is 1. The summed E-state index contributed by atoms with van der Waals surface area (Å²) in [7, 11) is 1.62. The molecule has 0 bridgehead atoms. The number of aromatic nitrogens is 1. The monoisotopic (exact) mass is 391 g/mol. The smallest absolute Gasteiger partial charge is 0.243 e. The number of halogens is 1. The molecular formula is C19H22ClN3O2S. The number of benzene rings is 1. The van der Waals surface area contributed by atoms with Gasteiger partial charge in [0.15, 0.2) is 0 Å². The summed E-state index contributed by atoms with van der Waals surface area (Å²) < 4.78 is 0. The van der Waals surface area contributed by atoms with Crippen LogP contribution in [0.5, 0.6) is 0 Å². The maximum atomic E-state index is 12.5. The van der Waals surface area contributed by atoms with Gasteiger partial charge in [0.05, 0.1) is 16.8 Å². The predicted molar refractivity (Wildman–Crippen MR) is 107 cm³/mol. The summed E-state index contributed by atoms with van der Waals surface area (Å²) in [4.78, 5) is 30.4. The van der Waals surface area contributed by atoms with E-state index < -0.39 is 5.25 Å². The molecule has 26 heavy (non-hydrogen) atoms. The Kier molecular flexibility index (Phi) is 7.48. The van der Waals surface area contributed by atoms with Crippen LogP contribution in [-0.2, 0) is 16.0 Å². The molecule has 138 valence electrons. The minimum Gasteiger partial charge on any atom is -0.335 e. The Hall–Kier alpha value is -2.05. The van der Waals surface area contributed by atoms with E-state index in [1.165, 1.54) is 16.7 Å². The molecular weight excluding hydrogens is 370 g/mol. The standard InChI is InChI=1S/C19H22ClN3O2S/c1-4-14-8-5-6-10-16(14)22-17(24)12-23(3)19(25)13(2)26-18-15(20)9-7-11-21-18/h5-11,13H,4,12H2,1-3H3,(H,22,24). The highest BCUT2D eigenvalue weighted by atomic mass is 35.5. The van der Waals surface area contributed by atoms with Gasteiger partial charge in [-0.05, 0) is 37.1 Å². The second-order valence-corrected chi connectivity index (χ2v) is 7.54. The van der Waals surface area contributed by atoms with Gasteiger partial charge < -0.3 is 10.2 Å². The molecule has 0 aliphatic carbocycles. The van der Waals surface area contributed by atoms with Crippen LogP contribution in [0, 0.1) is 0 Å². The number of carbonyl (C=O) groups is 2. The number of hydrogen-bond acceptors (Lipinski definition) is 4. The van der Waals surface area contributed by atoms with E-state index >= 15 is 0 Å². The third-order valence-electron chi connectivity index (χ3n) is 3.79. The summed E-state index contributed by atoms with van der Waals surface area (Å²) in [6.07, 6.45) is 2.46. The Balaban J connectivity index is 1.93. The molecule has 0 spiro atoms. The molecule has 1 heterocycles. The summed E-state index contributed by atoms with van der Waals surface area (Å²) >= 11 is 7.36. The lowest BCUT2D eigenvalue weighted by Gasteiger charge is -2.21. The highest BCUT2D eigenvalue weighted by molar-refractivity contribution is 8.00. The predicted octanol–water partition coefficient (Wildman–Crippen LogP) is 3.88. The van der Waals surface area contributed by atoms with Crippen molar-refractivity contribution in [1.82, 2.24) is 9.88 Å². The maximum Gasteiger partial charge on any atom is 0.243 e. The number of pyridine rings is 1. The molecule has 1 N–H and O–H groups in total. The molecule has 0 aliphatic heterocycles. The van der Waals surface area contributed by atoms with E-state index in [0.29, 0.717) is 10.0 Å². The van der Waals surface area contributed by atoms with Crippen molar-refractivity contribution in [2.75, 3.05) is 18.9 Å². The molecule has 1 aromatic heterocycles. The van der Waals surface area contributed by atoms with Crippen molar-refractivity contribution in [3.05, 3.63) is 53.2 Å². The fourth-order valence-corrected chi connectivity index (χ4v) is 3.59. The quantitative estimate of drug-likeness (QED) is 0.727. The van der Waals surface area contributed by atoms with Crippen molar-refractivity contribution in [3.8, 4) is 0 Å². The van der Waals surface area contributed by atoms with E-state index in [1.54, 1.807) is 32.3 Å². The largest absolute Gasteiger partial charge is 0.335 e. The molecule has 7 heteroatoms. The minimum atomic E-state index is -0.400. The van der Waals surface area contributed by atoms with Gasteiger partial charge in [-0.1, -0.05) is 48.5 Å². The molecule has 0 saturated carbocycles. The average Bonchev–Trinajstić information content (AvgIpc) is 2.63. The number of carbonyl (C=O) groups excluding carboxylic acids is 2. The van der Waals surface area contributed by atoms with Gasteiger partial charge in [-0.2, -0.15) is 0 Å². The van der Waals surface area contributed by atoms with Crippen LogP contribution in [0.4, 0.5) is 5.69 Å². The Labute approximate surface area is 163 Å². The van der Waals surface area contributed by atoms with Gasteiger partial charge in [0.1, 0.15) is 5.03 Å². The summed E-state index contributed by atoms with van der Waals surface area (Å²) in [6, 6.07) is 11.1. The molecule has 1 atom stereocenters. The number of nitrogens with zero attached hydrogens (tertiary/aromatic N) is 2. The summed E-state index contributed by atoms with van der Waals surface area (Å²) in [6.45, 7) is 3.79. The van der Waals surface area contributed by atoms with Crippen molar-refractivity contribution >= 4 is 40.9 Å². The first kappa shape index (κ1) is 20.3. The van der Waals surface area contributed by atoms with Gasteiger partial charge in [-0.3, -0.25) is 9.59 Å². The van der Waals surface area contributed by atoms with Gasteiger partial charge in [0.25, 0.3) is 0 Å². The lowest BCUT2D eigenvalue weighted by atomic mass is 10.1. The van der Waals surface area contributed by atoms with E-state index in [4.69, 9.17) is 11.6 Å². The Morgan fingerprint density at radius 2 is 2.00 bits per heavy atom. The van der Waals surface area contributed by atoms with Crippen LogP contribution in [-0.4, -0.2) is 40.5 Å². The second kappa shape index (κ2) is 9.59. The number of anilines is 1. The number of thioether (sulfide) groups is 1. The van der Waals surface area contributed by atoms with Crippen LogP contribution in [0.1, 0.15) is 19.4 Å². The molecule has 2 aromatic rings. The third-order valence-corrected chi connectivity index (χ3v) is 5.31. The van der Waals surface area contributed by atoms with Crippen molar-refractivity contribution in [1.29, 1.82) is 0 Å². The molecule has 0 saturated heterocycles. The zero-order valence-corrected chi connectivity index (χ0v) is 16.6. The molecule has 5 nitrogen and oxygen atoms in total. The summed E-state index contributed by atoms with van der Waals surface area (Å²) in [5.41, 5.74) is 1.84. The second-order valence-electron chi connectivity index (χ2n) is 5.80. The van der Waals surface area contributed by atoms with Gasteiger partial charge in [0, 0.05) is 18.9 Å². The highest BCUT2D eigenvalue weighted by Crippen LogP contribution is 2.28. The highest BCUT2D eigenvalue weighted by Gasteiger charge is 2.22. The van der Waals surface area contributed by atoms with E-state index in [9.17, 15) is 9.59 Å². The first-order valence-corrected chi connectivity index (χ1v) is 9.58. The summed E-state index contributed by atoms with van der Waals surface area (Å²) in [5, 5.41) is 3.58. The van der Waals surface area contributed by atoms with Crippen LogP contribution >= 0.6 is 23.4 Å². The van der Waals surface area contributed by atoms with E-state index in [0.717, 1.165) is 17.7 Å². The van der Waals surface area contributed by atoms with Crippen LogP contribution in [0.2, 0.25) is 5.02 Å². The lowest BCUT2D eigenvalue weighted by molar-refractivity contribution is -0.132. The van der Waals surface area contributed by atoms with Crippen LogP contribution < -0.4 is 5.32 Å². The van der Waals surface area contributed by atoms with E-state index in [1.807, 2.05) is 31.2 Å². The van der Waals surface area contributed by atoms with Gasteiger partial charge >= 0.3 is 0 Å². The molecule has 1 unspecified atom stereocenters. The SMILES string of the molecule is CCc1ccccc1NC(=O)CN(C)C(=O)C(C)Sc1ncccc1Cl. The van der Waals surface area contributed by atoms with Crippen molar-refractivity contribution in [3.63, 3.8) is 0 Å². The fourth-order valence-electron chi connectivity index (χ4n) is 2.42. The van der Waals surface area contributed by atoms with Gasteiger partial charge in [0.2, 0.25) is 11.8 Å². The fraction of sp³-hybridized carbons (Fsp3) is 0.316. The van der Waals surface area contributed by atoms with Crippen molar-refractivity contribution in [2.45, 2.75) is 30.5 Å². The lowest BCUT2D eigenvalue weighted by Crippen LogP contribution is -2.39. The van der Waals surface area contributed by atoms with Crippen LogP contribution in [0.15, 0.2) is 47.6 Å². The van der Waals surface area contributed by atoms with E-state index in [2.05, 4.69) is 10.3 Å². The molecule has 1 aromatic carbocycles. The van der Waals surface area contributed by atoms with Gasteiger partial charge in [-0.25, -0.2) is 4.98 Å². The summed E-state index contributed by atoms with van der Waals surface area (Å²) in [5.74, 6) is -0.384. The Morgan fingerprint density at radius 3 is 2.69 bits per heavy atom. The average molecular weight is 392 g/mol. The van der Waals surface area contributed by atoms with Gasteiger partial charge in [-0.15, -0.1) is 0 Å². The van der Waals surface area contributed by atoms with Crippen molar-refractivity contribution in [2.24, 2.45) is 0 Å². The number of para-hydroxylation sites is 1. The number of hydrogen-bond donors (Lipinski definition) is 1. The molecule has 2 rings (SSSR count). The molecule has 0 fully saturated rings. The Morgan fingerprint density at radius 1 is 1.27 bits per heavy atom. The first-order chi connectivity index (χ1) is 12.4. The van der Waals surface area contributed by atoms with Crippen molar-refractivity contribution < 1.29 is 9.59 Å². The minimum absolute atomic E-state index is 0.0161. The zero-order valence-electron chi connectivity index (χ0n) is 15.0. The molecule has 2 amide bonds. The molecule has 0 aliphatic rings. The third kappa shape index (κ3) is 5.47. The molecule has 0 radical (unpaired) electrons. The van der Waals surface area contributed by atoms with E-state index in [-0.39, 0.29) is 18.4 Å². The number of amides is 2. The zero-order chi connectivity index (χ0) is 19.1. The number of nitrogens with one attached hydrogen (secondary N) is 1. The Bertz CT molecular complexity index is 785. The number of aryl methyl sites for hydroxylation is 1. The normalized spacial score (nSPS) is 11.7. The van der Waals surface area contributed by atoms with Crippen LogP contribution in [0.3, 0.4) is 0 Å². The maximum absolute atomic E-state index is 12.5.